The number of carbonyl (C=O) groups excluding carboxylic acids is 1. The number of aromatic nitrogens is 3. The van der Waals surface area contributed by atoms with Crippen molar-refractivity contribution in [3.8, 4) is 0 Å². The molecule has 3 aromatic rings. The average Bonchev–Trinajstić information content (AvgIpc) is 3.26. The van der Waals surface area contributed by atoms with Gasteiger partial charge in [-0.25, -0.2) is 4.79 Å². The minimum absolute atomic E-state index is 0.129. The fourth-order valence-electron chi connectivity index (χ4n) is 4.15. The van der Waals surface area contributed by atoms with Crippen molar-refractivity contribution in [2.45, 2.75) is 39.2 Å². The Hall–Kier alpha value is -3.09. The van der Waals surface area contributed by atoms with Crippen molar-refractivity contribution in [3.05, 3.63) is 53.0 Å². The molecule has 0 radical (unpaired) electrons. The minimum atomic E-state index is -0.953. The van der Waals surface area contributed by atoms with Gasteiger partial charge in [0.25, 0.3) is 0 Å². The van der Waals surface area contributed by atoms with E-state index in [2.05, 4.69) is 23.1 Å². The molecular weight excluding hydrogens is 356 g/mol. The summed E-state index contributed by atoms with van der Waals surface area (Å²) in [5, 5.41) is 14.6. The first-order valence-corrected chi connectivity index (χ1v) is 9.56. The van der Waals surface area contributed by atoms with Gasteiger partial charge in [0.15, 0.2) is 0 Å². The van der Waals surface area contributed by atoms with Gasteiger partial charge in [0.2, 0.25) is 5.91 Å². The quantitative estimate of drug-likeness (QED) is 0.728. The molecule has 1 aromatic carbocycles. The third kappa shape index (κ3) is 3.17. The predicted molar refractivity (Wildman–Crippen MR) is 106 cm³/mol. The van der Waals surface area contributed by atoms with E-state index in [0.29, 0.717) is 25.2 Å². The molecule has 28 heavy (non-hydrogen) atoms. The zero-order valence-electron chi connectivity index (χ0n) is 16.1. The van der Waals surface area contributed by atoms with Gasteiger partial charge in [-0.1, -0.05) is 18.2 Å². The van der Waals surface area contributed by atoms with E-state index in [9.17, 15) is 14.7 Å². The van der Waals surface area contributed by atoms with Crippen LogP contribution in [0.2, 0.25) is 0 Å². The van der Waals surface area contributed by atoms with Gasteiger partial charge < -0.3 is 15.0 Å². The lowest BCUT2D eigenvalue weighted by molar-refractivity contribution is -0.131. The number of carboxylic acid groups (broad SMARTS) is 1. The fourth-order valence-corrected chi connectivity index (χ4v) is 4.15. The van der Waals surface area contributed by atoms with Crippen molar-refractivity contribution in [1.29, 1.82) is 0 Å². The molecule has 2 N–H and O–H groups in total. The summed E-state index contributed by atoms with van der Waals surface area (Å²) in [6.45, 7) is 5.16. The number of para-hydroxylation sites is 1. The van der Waals surface area contributed by atoms with E-state index in [-0.39, 0.29) is 17.5 Å². The molecule has 7 nitrogen and oxygen atoms in total. The second-order valence-electron chi connectivity index (χ2n) is 7.49. The van der Waals surface area contributed by atoms with Crippen molar-refractivity contribution in [1.82, 2.24) is 19.7 Å². The first-order valence-electron chi connectivity index (χ1n) is 9.56. The van der Waals surface area contributed by atoms with Gasteiger partial charge in [-0.2, -0.15) is 5.10 Å². The van der Waals surface area contributed by atoms with Crippen LogP contribution in [-0.2, 0) is 11.2 Å². The Balaban J connectivity index is 1.41. The van der Waals surface area contributed by atoms with Gasteiger partial charge in [0.1, 0.15) is 5.56 Å². The third-order valence-corrected chi connectivity index (χ3v) is 5.79. The number of hydrogen-bond acceptors (Lipinski definition) is 3. The van der Waals surface area contributed by atoms with E-state index in [0.717, 1.165) is 29.3 Å². The molecule has 1 aliphatic heterocycles. The molecular formula is C21H24N4O3. The number of fused-ring (bicyclic) bond motifs is 1. The lowest BCUT2D eigenvalue weighted by Crippen LogP contribution is -2.40. The monoisotopic (exact) mass is 380 g/mol. The molecule has 4 rings (SSSR count). The van der Waals surface area contributed by atoms with Crippen LogP contribution >= 0.6 is 0 Å². The minimum Gasteiger partial charge on any atom is -0.478 e. The molecule has 0 aliphatic carbocycles. The number of aromatic amines is 1. The topological polar surface area (TPSA) is 91.2 Å². The number of carboxylic acids is 1. The van der Waals surface area contributed by atoms with Crippen molar-refractivity contribution >= 4 is 22.8 Å². The van der Waals surface area contributed by atoms with Crippen LogP contribution in [0.3, 0.4) is 0 Å². The number of H-pyrrole nitrogens is 1. The normalized spacial score (nSPS) is 15.3. The van der Waals surface area contributed by atoms with Crippen molar-refractivity contribution < 1.29 is 14.7 Å². The standard InChI is InChI=1S/C21H24N4O3/c1-13-4-3-5-17-15(11-22-20(13)17)10-19(26)24-8-6-16(7-9-24)25-14(2)18(12-23-25)21(27)28/h3-5,11-12,16,22H,6-10H2,1-2H3,(H,27,28). The largest absolute Gasteiger partial charge is 0.478 e. The number of aryl methyl sites for hydroxylation is 1. The van der Waals surface area contributed by atoms with E-state index in [1.54, 1.807) is 11.6 Å². The van der Waals surface area contributed by atoms with E-state index < -0.39 is 5.97 Å². The number of rotatable bonds is 4. The van der Waals surface area contributed by atoms with E-state index in [1.807, 2.05) is 23.2 Å². The van der Waals surface area contributed by atoms with Gasteiger partial charge in [-0.15, -0.1) is 0 Å². The zero-order chi connectivity index (χ0) is 19.8. The molecule has 3 heterocycles. The first-order chi connectivity index (χ1) is 13.5. The maximum atomic E-state index is 12.8. The van der Waals surface area contributed by atoms with Crippen LogP contribution in [-0.4, -0.2) is 49.7 Å². The number of likely N-dealkylation sites (tertiary alicyclic amines) is 1. The molecule has 0 atom stereocenters. The summed E-state index contributed by atoms with van der Waals surface area (Å²) in [6, 6.07) is 6.26. The number of nitrogens with zero attached hydrogens (tertiary/aromatic N) is 3. The number of benzene rings is 1. The van der Waals surface area contributed by atoms with Crippen LogP contribution in [0.5, 0.6) is 0 Å². The smallest absolute Gasteiger partial charge is 0.339 e. The van der Waals surface area contributed by atoms with Gasteiger partial charge in [-0.3, -0.25) is 9.48 Å². The number of aromatic carboxylic acids is 1. The summed E-state index contributed by atoms with van der Waals surface area (Å²) >= 11 is 0. The maximum Gasteiger partial charge on any atom is 0.339 e. The zero-order valence-corrected chi connectivity index (χ0v) is 16.1. The Labute approximate surface area is 163 Å². The van der Waals surface area contributed by atoms with Crippen LogP contribution < -0.4 is 0 Å². The van der Waals surface area contributed by atoms with Crippen LogP contribution in [0.25, 0.3) is 10.9 Å². The molecule has 1 aliphatic rings. The highest BCUT2D eigenvalue weighted by Crippen LogP contribution is 2.26. The Bertz CT molecular complexity index is 1040. The van der Waals surface area contributed by atoms with Gasteiger partial charge in [-0.05, 0) is 37.8 Å². The highest BCUT2D eigenvalue weighted by Gasteiger charge is 2.27. The molecule has 146 valence electrons. The van der Waals surface area contributed by atoms with Gasteiger partial charge in [0, 0.05) is 30.2 Å². The number of nitrogens with one attached hydrogen (secondary N) is 1. The molecule has 1 fully saturated rings. The third-order valence-electron chi connectivity index (χ3n) is 5.79. The summed E-state index contributed by atoms with van der Waals surface area (Å²) < 4.78 is 1.80. The highest BCUT2D eigenvalue weighted by atomic mass is 16.4. The van der Waals surface area contributed by atoms with Gasteiger partial charge >= 0.3 is 5.97 Å². The highest BCUT2D eigenvalue weighted by molar-refractivity contribution is 5.90. The van der Waals surface area contributed by atoms with E-state index >= 15 is 0 Å². The summed E-state index contributed by atoms with van der Waals surface area (Å²) in [6.07, 6.45) is 5.29. The van der Waals surface area contributed by atoms with Crippen molar-refractivity contribution in [2.75, 3.05) is 13.1 Å². The molecule has 0 saturated carbocycles. The second kappa shape index (κ2) is 7.14. The summed E-state index contributed by atoms with van der Waals surface area (Å²) in [7, 11) is 0. The number of carbonyl (C=O) groups is 2. The molecule has 2 aromatic heterocycles. The SMILES string of the molecule is Cc1cccc2c(CC(=O)N3CCC(n4ncc(C(=O)O)c4C)CC3)c[nH]c12. The second-order valence-corrected chi connectivity index (χ2v) is 7.49. The number of piperidine rings is 1. The Morgan fingerprint density at radius 3 is 2.68 bits per heavy atom. The number of hydrogen-bond donors (Lipinski definition) is 2. The average molecular weight is 380 g/mol. The van der Waals surface area contributed by atoms with Gasteiger partial charge in [0.05, 0.1) is 24.4 Å². The molecule has 1 saturated heterocycles. The molecule has 7 heteroatoms. The van der Waals surface area contributed by atoms with Crippen LogP contribution in [0.1, 0.15) is 46.1 Å². The fraction of sp³-hybridized carbons (Fsp3) is 0.381. The first kappa shape index (κ1) is 18.3. The summed E-state index contributed by atoms with van der Waals surface area (Å²) in [5.74, 6) is -0.824. The van der Waals surface area contributed by atoms with Crippen LogP contribution in [0, 0.1) is 13.8 Å². The van der Waals surface area contributed by atoms with Crippen molar-refractivity contribution in [2.24, 2.45) is 0 Å². The Kier molecular flexibility index (Phi) is 4.66. The predicted octanol–water partition coefficient (Wildman–Crippen LogP) is 3.09. The number of amides is 1. The molecule has 0 unspecified atom stereocenters. The summed E-state index contributed by atoms with van der Waals surface area (Å²) in [5.41, 5.74) is 4.21. The Morgan fingerprint density at radius 2 is 2.00 bits per heavy atom. The summed E-state index contributed by atoms with van der Waals surface area (Å²) in [4.78, 5) is 29.2. The molecule has 1 amide bonds. The maximum absolute atomic E-state index is 12.8. The lowest BCUT2D eigenvalue weighted by atomic mass is 10.0. The lowest BCUT2D eigenvalue weighted by Gasteiger charge is -2.32. The van der Waals surface area contributed by atoms with E-state index in [4.69, 9.17) is 0 Å². The van der Waals surface area contributed by atoms with Crippen LogP contribution in [0.4, 0.5) is 0 Å². The van der Waals surface area contributed by atoms with E-state index in [1.165, 1.54) is 11.8 Å². The van der Waals surface area contributed by atoms with Crippen LogP contribution in [0.15, 0.2) is 30.6 Å². The molecule has 0 spiro atoms. The Morgan fingerprint density at radius 1 is 1.25 bits per heavy atom. The molecule has 0 bridgehead atoms. The van der Waals surface area contributed by atoms with Crippen molar-refractivity contribution in [3.63, 3.8) is 0 Å².